The van der Waals surface area contributed by atoms with Gasteiger partial charge in [-0.05, 0) is 24.0 Å². The van der Waals surface area contributed by atoms with Gasteiger partial charge in [0.1, 0.15) is 0 Å². The molecule has 1 aromatic rings. The van der Waals surface area contributed by atoms with Crippen molar-refractivity contribution < 1.29 is 5.11 Å². The molecule has 1 atom stereocenters. The van der Waals surface area contributed by atoms with Crippen LogP contribution >= 0.6 is 11.6 Å². The summed E-state index contributed by atoms with van der Waals surface area (Å²) in [5.41, 5.74) is 2.47. The fourth-order valence-electron chi connectivity index (χ4n) is 1.24. The molecular formula is C11H15ClO. The van der Waals surface area contributed by atoms with Crippen molar-refractivity contribution in [3.63, 3.8) is 0 Å². The maximum atomic E-state index is 9.31. The lowest BCUT2D eigenvalue weighted by Gasteiger charge is -2.06. The Morgan fingerprint density at radius 1 is 1.23 bits per heavy atom. The largest absolute Gasteiger partial charge is 0.392 e. The molecule has 0 aromatic heterocycles. The number of hydrogen-bond donors (Lipinski definition) is 1. The molecule has 1 unspecified atom stereocenters. The summed E-state index contributed by atoms with van der Waals surface area (Å²) in [5.74, 6) is 0.301. The standard InChI is InChI=1S/C11H15ClO/c1-2-9-3-5-10(6-4-9)7-11(13)8-12/h3-6,11,13H,2,7-8H2,1H3. The number of alkyl halides is 1. The van der Waals surface area contributed by atoms with Gasteiger partial charge in [-0.3, -0.25) is 0 Å². The van der Waals surface area contributed by atoms with Crippen molar-refractivity contribution in [2.45, 2.75) is 25.9 Å². The van der Waals surface area contributed by atoms with Crippen molar-refractivity contribution in [3.8, 4) is 0 Å². The number of aliphatic hydroxyl groups excluding tert-OH is 1. The Balaban J connectivity index is 2.58. The van der Waals surface area contributed by atoms with E-state index in [1.165, 1.54) is 5.56 Å². The molecule has 0 aliphatic heterocycles. The van der Waals surface area contributed by atoms with Crippen LogP contribution in [-0.2, 0) is 12.8 Å². The summed E-state index contributed by atoms with van der Waals surface area (Å²) < 4.78 is 0. The molecule has 0 heterocycles. The zero-order valence-corrected chi connectivity index (χ0v) is 8.59. The van der Waals surface area contributed by atoms with E-state index in [0.29, 0.717) is 12.3 Å². The summed E-state index contributed by atoms with van der Waals surface area (Å²) in [6.07, 6.45) is 1.28. The van der Waals surface area contributed by atoms with Gasteiger partial charge in [-0.15, -0.1) is 11.6 Å². The minimum atomic E-state index is -0.422. The summed E-state index contributed by atoms with van der Waals surface area (Å²) in [5, 5.41) is 9.31. The number of aryl methyl sites for hydroxylation is 1. The first kappa shape index (κ1) is 10.6. The van der Waals surface area contributed by atoms with Crippen LogP contribution in [0.25, 0.3) is 0 Å². The molecule has 0 aliphatic rings. The molecule has 1 aromatic carbocycles. The van der Waals surface area contributed by atoms with E-state index in [0.717, 1.165) is 12.0 Å². The third-order valence-corrected chi connectivity index (χ3v) is 2.44. The number of aliphatic hydroxyl groups is 1. The first-order valence-electron chi connectivity index (χ1n) is 4.58. The van der Waals surface area contributed by atoms with Crippen LogP contribution in [0.5, 0.6) is 0 Å². The van der Waals surface area contributed by atoms with E-state index in [1.54, 1.807) is 0 Å². The van der Waals surface area contributed by atoms with E-state index in [-0.39, 0.29) is 0 Å². The van der Waals surface area contributed by atoms with Gasteiger partial charge >= 0.3 is 0 Å². The average molecular weight is 199 g/mol. The molecule has 72 valence electrons. The first-order valence-corrected chi connectivity index (χ1v) is 5.11. The topological polar surface area (TPSA) is 20.2 Å². The Morgan fingerprint density at radius 2 is 1.77 bits per heavy atom. The van der Waals surface area contributed by atoms with Crippen LogP contribution in [0.2, 0.25) is 0 Å². The average Bonchev–Trinajstić information content (AvgIpc) is 2.19. The second-order valence-electron chi connectivity index (χ2n) is 3.18. The highest BCUT2D eigenvalue weighted by molar-refractivity contribution is 6.18. The fraction of sp³-hybridized carbons (Fsp3) is 0.455. The predicted octanol–water partition coefficient (Wildman–Crippen LogP) is 2.39. The third kappa shape index (κ3) is 3.37. The van der Waals surface area contributed by atoms with Gasteiger partial charge in [0.05, 0.1) is 6.10 Å². The molecule has 13 heavy (non-hydrogen) atoms. The number of hydrogen-bond acceptors (Lipinski definition) is 1. The Morgan fingerprint density at radius 3 is 2.23 bits per heavy atom. The SMILES string of the molecule is CCc1ccc(CC(O)CCl)cc1. The van der Waals surface area contributed by atoms with Gasteiger partial charge in [-0.1, -0.05) is 31.2 Å². The Kier molecular flexibility index (Phi) is 4.26. The lowest BCUT2D eigenvalue weighted by molar-refractivity contribution is 0.199. The molecule has 1 N–H and O–H groups in total. The Labute approximate surface area is 84.4 Å². The highest BCUT2D eigenvalue weighted by atomic mass is 35.5. The number of rotatable bonds is 4. The third-order valence-electron chi connectivity index (χ3n) is 2.08. The lowest BCUT2D eigenvalue weighted by Crippen LogP contribution is -2.11. The second-order valence-corrected chi connectivity index (χ2v) is 3.49. The van der Waals surface area contributed by atoms with Crippen LogP contribution < -0.4 is 0 Å². The minimum absolute atomic E-state index is 0.301. The van der Waals surface area contributed by atoms with Gasteiger partial charge in [-0.25, -0.2) is 0 Å². The minimum Gasteiger partial charge on any atom is -0.392 e. The molecule has 0 amide bonds. The molecular weight excluding hydrogens is 184 g/mol. The van der Waals surface area contributed by atoms with Crippen LogP contribution in [0.4, 0.5) is 0 Å². The van der Waals surface area contributed by atoms with Crippen LogP contribution in [0.1, 0.15) is 18.1 Å². The Hall–Kier alpha value is -0.530. The van der Waals surface area contributed by atoms with Gasteiger partial charge in [0.2, 0.25) is 0 Å². The summed E-state index contributed by atoms with van der Waals surface area (Å²) in [7, 11) is 0. The van der Waals surface area contributed by atoms with Crippen LogP contribution in [0, 0.1) is 0 Å². The highest BCUT2D eigenvalue weighted by Crippen LogP contribution is 2.07. The van der Waals surface area contributed by atoms with E-state index >= 15 is 0 Å². The molecule has 1 rings (SSSR count). The van der Waals surface area contributed by atoms with Crippen molar-refractivity contribution in [2.75, 3.05) is 5.88 Å². The molecule has 0 radical (unpaired) electrons. The quantitative estimate of drug-likeness (QED) is 0.737. The molecule has 2 heteroatoms. The van der Waals surface area contributed by atoms with Crippen molar-refractivity contribution in [2.24, 2.45) is 0 Å². The predicted molar refractivity (Wildman–Crippen MR) is 56.3 cm³/mol. The Bertz CT molecular complexity index is 243. The van der Waals surface area contributed by atoms with Gasteiger partial charge in [0.25, 0.3) is 0 Å². The van der Waals surface area contributed by atoms with E-state index in [2.05, 4.69) is 31.2 Å². The van der Waals surface area contributed by atoms with E-state index in [9.17, 15) is 5.11 Å². The van der Waals surface area contributed by atoms with E-state index < -0.39 is 6.10 Å². The highest BCUT2D eigenvalue weighted by Gasteiger charge is 2.02. The van der Waals surface area contributed by atoms with Crippen LogP contribution in [0.3, 0.4) is 0 Å². The van der Waals surface area contributed by atoms with Gasteiger partial charge in [0.15, 0.2) is 0 Å². The van der Waals surface area contributed by atoms with Crippen LogP contribution in [-0.4, -0.2) is 17.1 Å². The molecule has 0 saturated heterocycles. The zero-order valence-electron chi connectivity index (χ0n) is 7.83. The number of halogens is 1. The first-order chi connectivity index (χ1) is 6.26. The summed E-state index contributed by atoms with van der Waals surface area (Å²) in [4.78, 5) is 0. The van der Waals surface area contributed by atoms with Crippen molar-refractivity contribution in [1.29, 1.82) is 0 Å². The maximum absolute atomic E-state index is 9.31. The fourth-order valence-corrected chi connectivity index (χ4v) is 1.35. The number of benzene rings is 1. The summed E-state index contributed by atoms with van der Waals surface area (Å²) in [6, 6.07) is 8.29. The van der Waals surface area contributed by atoms with Gasteiger partial charge < -0.3 is 5.11 Å². The molecule has 0 fully saturated rings. The molecule has 0 aliphatic carbocycles. The van der Waals surface area contributed by atoms with E-state index in [1.807, 2.05) is 0 Å². The normalized spacial score (nSPS) is 12.8. The van der Waals surface area contributed by atoms with Crippen LogP contribution in [0.15, 0.2) is 24.3 Å². The zero-order chi connectivity index (χ0) is 9.68. The molecule has 0 bridgehead atoms. The molecule has 0 saturated carbocycles. The molecule has 0 spiro atoms. The van der Waals surface area contributed by atoms with Crippen molar-refractivity contribution >= 4 is 11.6 Å². The second kappa shape index (κ2) is 5.25. The lowest BCUT2D eigenvalue weighted by atomic mass is 10.1. The summed E-state index contributed by atoms with van der Waals surface area (Å²) in [6.45, 7) is 2.13. The smallest absolute Gasteiger partial charge is 0.0715 e. The van der Waals surface area contributed by atoms with Gasteiger partial charge in [-0.2, -0.15) is 0 Å². The maximum Gasteiger partial charge on any atom is 0.0715 e. The van der Waals surface area contributed by atoms with Crippen molar-refractivity contribution in [3.05, 3.63) is 35.4 Å². The van der Waals surface area contributed by atoms with Gasteiger partial charge in [0, 0.05) is 5.88 Å². The molecule has 1 nitrogen and oxygen atoms in total. The van der Waals surface area contributed by atoms with Crippen molar-refractivity contribution in [1.82, 2.24) is 0 Å². The summed E-state index contributed by atoms with van der Waals surface area (Å²) >= 11 is 5.51. The van der Waals surface area contributed by atoms with E-state index in [4.69, 9.17) is 11.6 Å². The monoisotopic (exact) mass is 198 g/mol.